The van der Waals surface area contributed by atoms with Crippen molar-refractivity contribution in [3.8, 4) is 44.9 Å². The molecule has 0 radical (unpaired) electrons. The van der Waals surface area contributed by atoms with Crippen molar-refractivity contribution in [2.24, 2.45) is 0 Å². The Labute approximate surface area is 264 Å². The van der Waals surface area contributed by atoms with Crippen LogP contribution in [0.3, 0.4) is 0 Å². The highest BCUT2D eigenvalue weighted by molar-refractivity contribution is 6.08. The number of pyridine rings is 5. The standard InChI is InChI=1S/C41H25N5/c1-2-21-42-37(5-1)38-19-13-28-10-11-31(25-39(28)46-38)30-14-17-36-32(24-30)15-18-35(45-36)27-8-6-26(7-9-27)33-20-23-44-41-34(33)16-12-29-4-3-22-43-40(29)41/h1-25H. The topological polar surface area (TPSA) is 64.5 Å². The number of hydrogen-bond donors (Lipinski definition) is 0. The average molecular weight is 588 g/mol. The molecule has 5 nitrogen and oxygen atoms in total. The van der Waals surface area contributed by atoms with Crippen LogP contribution in [0.25, 0.3) is 88.5 Å². The van der Waals surface area contributed by atoms with Crippen molar-refractivity contribution in [1.82, 2.24) is 24.9 Å². The molecule has 214 valence electrons. The fourth-order valence-electron chi connectivity index (χ4n) is 6.25. The van der Waals surface area contributed by atoms with E-state index in [1.165, 1.54) is 0 Å². The van der Waals surface area contributed by atoms with Gasteiger partial charge in [0.15, 0.2) is 0 Å². The van der Waals surface area contributed by atoms with E-state index in [1.54, 1.807) is 6.20 Å². The van der Waals surface area contributed by atoms with Gasteiger partial charge in [-0.15, -0.1) is 0 Å². The highest BCUT2D eigenvalue weighted by Gasteiger charge is 2.11. The van der Waals surface area contributed by atoms with Crippen molar-refractivity contribution in [3.63, 3.8) is 0 Å². The molecular formula is C41H25N5. The Kier molecular flexibility index (Phi) is 6.06. The lowest BCUT2D eigenvalue weighted by Crippen LogP contribution is -1.90. The van der Waals surface area contributed by atoms with Crippen LogP contribution in [0.2, 0.25) is 0 Å². The Morgan fingerprint density at radius 2 is 1.07 bits per heavy atom. The van der Waals surface area contributed by atoms with Crippen LogP contribution in [-0.4, -0.2) is 24.9 Å². The monoisotopic (exact) mass is 587 g/mol. The summed E-state index contributed by atoms with van der Waals surface area (Å²) in [5.74, 6) is 0. The summed E-state index contributed by atoms with van der Waals surface area (Å²) < 4.78 is 0. The molecule has 5 aromatic heterocycles. The summed E-state index contributed by atoms with van der Waals surface area (Å²) in [7, 11) is 0. The van der Waals surface area contributed by atoms with Gasteiger partial charge in [0.25, 0.3) is 0 Å². The molecule has 0 bridgehead atoms. The van der Waals surface area contributed by atoms with Crippen LogP contribution in [0.4, 0.5) is 0 Å². The van der Waals surface area contributed by atoms with Gasteiger partial charge in [-0.2, -0.15) is 0 Å². The predicted octanol–water partition coefficient (Wildman–Crippen LogP) is 9.94. The van der Waals surface area contributed by atoms with Crippen molar-refractivity contribution < 1.29 is 0 Å². The van der Waals surface area contributed by atoms with Gasteiger partial charge < -0.3 is 0 Å². The zero-order valence-corrected chi connectivity index (χ0v) is 24.7. The maximum Gasteiger partial charge on any atom is 0.0970 e. The van der Waals surface area contributed by atoms with Gasteiger partial charge >= 0.3 is 0 Å². The van der Waals surface area contributed by atoms with Gasteiger partial charge in [-0.05, 0) is 76.9 Å². The van der Waals surface area contributed by atoms with E-state index in [1.807, 2.05) is 42.7 Å². The normalized spacial score (nSPS) is 11.5. The predicted molar refractivity (Wildman–Crippen MR) is 187 cm³/mol. The second-order valence-corrected chi connectivity index (χ2v) is 11.4. The molecule has 0 aliphatic heterocycles. The van der Waals surface area contributed by atoms with Gasteiger partial charge in [0, 0.05) is 45.7 Å². The molecule has 4 aromatic carbocycles. The van der Waals surface area contributed by atoms with Crippen LogP contribution in [0.15, 0.2) is 152 Å². The molecule has 9 rings (SSSR count). The lowest BCUT2D eigenvalue weighted by atomic mass is 9.98. The van der Waals surface area contributed by atoms with E-state index < -0.39 is 0 Å². The molecular weight excluding hydrogens is 562 g/mol. The number of nitrogens with zero attached hydrogens (tertiary/aromatic N) is 5. The molecule has 5 heterocycles. The molecule has 0 aliphatic carbocycles. The molecule has 0 spiro atoms. The third-order valence-electron chi connectivity index (χ3n) is 8.62. The summed E-state index contributed by atoms with van der Waals surface area (Å²) in [5.41, 5.74) is 12.0. The Morgan fingerprint density at radius 3 is 1.98 bits per heavy atom. The maximum absolute atomic E-state index is 5.02. The number of aromatic nitrogens is 5. The molecule has 9 aromatic rings. The third-order valence-corrected chi connectivity index (χ3v) is 8.62. The summed E-state index contributed by atoms with van der Waals surface area (Å²) in [6.07, 6.45) is 5.49. The minimum Gasteiger partial charge on any atom is -0.255 e. The van der Waals surface area contributed by atoms with E-state index >= 15 is 0 Å². The Morgan fingerprint density at radius 1 is 0.348 bits per heavy atom. The van der Waals surface area contributed by atoms with Gasteiger partial charge in [0.05, 0.1) is 39.1 Å². The van der Waals surface area contributed by atoms with Crippen LogP contribution in [-0.2, 0) is 0 Å². The highest BCUT2D eigenvalue weighted by atomic mass is 14.8. The SMILES string of the molecule is c1ccc(-c2ccc3ccc(-c4ccc5nc(-c6ccc(-c7ccnc8c7ccc7cccnc78)cc6)ccc5c4)cc3n2)nc1. The summed E-state index contributed by atoms with van der Waals surface area (Å²) >= 11 is 0. The first-order valence-electron chi connectivity index (χ1n) is 15.2. The highest BCUT2D eigenvalue weighted by Crippen LogP contribution is 2.33. The molecule has 0 saturated carbocycles. The van der Waals surface area contributed by atoms with Gasteiger partial charge in [-0.3, -0.25) is 15.0 Å². The quantitative estimate of drug-likeness (QED) is 0.192. The van der Waals surface area contributed by atoms with Crippen molar-refractivity contribution in [2.75, 3.05) is 0 Å². The van der Waals surface area contributed by atoms with E-state index in [4.69, 9.17) is 9.97 Å². The number of benzene rings is 4. The second kappa shape index (κ2) is 10.7. The largest absolute Gasteiger partial charge is 0.255 e. The van der Waals surface area contributed by atoms with E-state index in [0.717, 1.165) is 88.5 Å². The van der Waals surface area contributed by atoms with Crippen LogP contribution in [0, 0.1) is 0 Å². The summed E-state index contributed by atoms with van der Waals surface area (Å²) in [4.78, 5) is 23.7. The summed E-state index contributed by atoms with van der Waals surface area (Å²) in [6, 6.07) is 46.1. The van der Waals surface area contributed by atoms with Crippen LogP contribution in [0.1, 0.15) is 0 Å². The van der Waals surface area contributed by atoms with Crippen molar-refractivity contribution >= 4 is 43.6 Å². The number of rotatable bonds is 4. The fraction of sp³-hybridized carbons (Fsp3) is 0. The van der Waals surface area contributed by atoms with Gasteiger partial charge in [0.2, 0.25) is 0 Å². The Bertz CT molecular complexity index is 2580. The first-order chi connectivity index (χ1) is 22.8. The van der Waals surface area contributed by atoms with Crippen LogP contribution in [0.5, 0.6) is 0 Å². The number of hydrogen-bond acceptors (Lipinski definition) is 5. The van der Waals surface area contributed by atoms with Crippen LogP contribution >= 0.6 is 0 Å². The van der Waals surface area contributed by atoms with Crippen molar-refractivity contribution in [1.29, 1.82) is 0 Å². The lowest BCUT2D eigenvalue weighted by Gasteiger charge is -2.10. The molecule has 0 unspecified atom stereocenters. The lowest BCUT2D eigenvalue weighted by molar-refractivity contribution is 1.28. The third kappa shape index (κ3) is 4.54. The Hall–Kier alpha value is -6.33. The average Bonchev–Trinajstić information content (AvgIpc) is 3.14. The van der Waals surface area contributed by atoms with Crippen LogP contribution < -0.4 is 0 Å². The van der Waals surface area contributed by atoms with E-state index in [-0.39, 0.29) is 0 Å². The van der Waals surface area contributed by atoms with Crippen molar-refractivity contribution in [2.45, 2.75) is 0 Å². The van der Waals surface area contributed by atoms with E-state index in [9.17, 15) is 0 Å². The van der Waals surface area contributed by atoms with E-state index in [2.05, 4.69) is 118 Å². The van der Waals surface area contributed by atoms with Gasteiger partial charge in [0.1, 0.15) is 0 Å². The molecule has 46 heavy (non-hydrogen) atoms. The van der Waals surface area contributed by atoms with E-state index in [0.29, 0.717) is 0 Å². The van der Waals surface area contributed by atoms with Gasteiger partial charge in [-0.1, -0.05) is 78.9 Å². The van der Waals surface area contributed by atoms with Crippen molar-refractivity contribution in [3.05, 3.63) is 152 Å². The summed E-state index contributed by atoms with van der Waals surface area (Å²) in [5, 5.41) is 4.38. The maximum atomic E-state index is 5.02. The smallest absolute Gasteiger partial charge is 0.0970 e. The molecule has 0 amide bonds. The minimum absolute atomic E-state index is 0.869. The Balaban J connectivity index is 1.02. The zero-order chi connectivity index (χ0) is 30.5. The molecule has 5 heteroatoms. The summed E-state index contributed by atoms with van der Waals surface area (Å²) in [6.45, 7) is 0. The first kappa shape index (κ1) is 26.1. The molecule has 0 atom stereocenters. The molecule has 0 fully saturated rings. The molecule has 0 saturated heterocycles. The molecule has 0 aliphatic rings. The second-order valence-electron chi connectivity index (χ2n) is 11.4. The minimum atomic E-state index is 0.869. The zero-order valence-electron chi connectivity index (χ0n) is 24.7. The van der Waals surface area contributed by atoms with Gasteiger partial charge in [-0.25, -0.2) is 9.97 Å². The first-order valence-corrected chi connectivity index (χ1v) is 15.2. The molecule has 0 N–H and O–H groups in total. The number of fused-ring (bicyclic) bond motifs is 5. The fourth-order valence-corrected chi connectivity index (χ4v) is 6.25.